The molecule has 0 aliphatic heterocycles. The monoisotopic (exact) mass is 262 g/mol. The molecule has 0 unspecified atom stereocenters. The second-order valence-corrected chi connectivity index (χ2v) is 4.37. The van der Waals surface area contributed by atoms with E-state index in [1.807, 2.05) is 72.6 Å². The molecule has 0 saturated heterocycles. The molecule has 0 aliphatic carbocycles. The Kier molecular flexibility index (Phi) is 3.37. The summed E-state index contributed by atoms with van der Waals surface area (Å²) in [7, 11) is 1.94. The average molecular weight is 262 g/mol. The number of hydrogen-bond donors (Lipinski definition) is 0. The third kappa shape index (κ3) is 2.49. The van der Waals surface area contributed by atoms with Crippen LogP contribution in [0.2, 0.25) is 0 Å². The molecule has 98 valence electrons. The maximum atomic E-state index is 4.52. The van der Waals surface area contributed by atoms with Gasteiger partial charge in [-0.2, -0.15) is 4.98 Å². The van der Waals surface area contributed by atoms with Crippen LogP contribution >= 0.6 is 0 Å². The Balaban J connectivity index is 1.96. The fourth-order valence-corrected chi connectivity index (χ4v) is 1.94. The Labute approximate surface area is 117 Å². The summed E-state index contributed by atoms with van der Waals surface area (Å²) in [5.74, 6) is 1.31. The number of para-hydroxylation sites is 1. The maximum Gasteiger partial charge on any atom is 0.233 e. The highest BCUT2D eigenvalue weighted by Gasteiger charge is 2.08. The van der Waals surface area contributed by atoms with Crippen molar-refractivity contribution in [1.29, 1.82) is 0 Å². The van der Waals surface area contributed by atoms with Crippen molar-refractivity contribution in [1.82, 2.24) is 15.0 Å². The lowest BCUT2D eigenvalue weighted by molar-refractivity contribution is 0.992. The maximum absolute atomic E-state index is 4.52. The molecular formula is C16H14N4. The van der Waals surface area contributed by atoms with Crippen molar-refractivity contribution >= 4 is 11.6 Å². The van der Waals surface area contributed by atoms with Crippen molar-refractivity contribution in [2.24, 2.45) is 0 Å². The molecule has 0 atom stereocenters. The fraction of sp³-hybridized carbons (Fsp3) is 0.0625. The molecule has 0 saturated carbocycles. The number of hydrogen-bond acceptors (Lipinski definition) is 4. The largest absolute Gasteiger partial charge is 0.314 e. The summed E-state index contributed by atoms with van der Waals surface area (Å²) in [4.78, 5) is 14.9. The van der Waals surface area contributed by atoms with Gasteiger partial charge in [0.05, 0.1) is 0 Å². The number of rotatable bonds is 3. The second kappa shape index (κ2) is 5.48. The van der Waals surface area contributed by atoms with E-state index in [1.54, 1.807) is 6.33 Å². The number of anilines is 2. The van der Waals surface area contributed by atoms with Gasteiger partial charge in [0.2, 0.25) is 5.95 Å². The summed E-state index contributed by atoms with van der Waals surface area (Å²) in [6, 6.07) is 19.9. The number of nitrogens with zero attached hydrogens (tertiary/aromatic N) is 4. The highest BCUT2D eigenvalue weighted by molar-refractivity contribution is 5.59. The van der Waals surface area contributed by atoms with Gasteiger partial charge in [0.15, 0.2) is 5.82 Å². The van der Waals surface area contributed by atoms with E-state index in [0.29, 0.717) is 11.8 Å². The van der Waals surface area contributed by atoms with Gasteiger partial charge in [0.25, 0.3) is 0 Å². The molecule has 0 spiro atoms. The fourth-order valence-electron chi connectivity index (χ4n) is 1.94. The van der Waals surface area contributed by atoms with E-state index in [9.17, 15) is 0 Å². The molecule has 20 heavy (non-hydrogen) atoms. The third-order valence-electron chi connectivity index (χ3n) is 3.03. The van der Waals surface area contributed by atoms with Gasteiger partial charge in [-0.25, -0.2) is 9.97 Å². The van der Waals surface area contributed by atoms with Gasteiger partial charge in [-0.15, -0.1) is 0 Å². The van der Waals surface area contributed by atoms with Crippen molar-refractivity contribution < 1.29 is 0 Å². The predicted molar refractivity (Wildman–Crippen MR) is 79.8 cm³/mol. The van der Waals surface area contributed by atoms with Gasteiger partial charge in [-0.3, -0.25) is 0 Å². The van der Waals surface area contributed by atoms with E-state index in [1.165, 1.54) is 0 Å². The van der Waals surface area contributed by atoms with Gasteiger partial charge in [0, 0.05) is 18.3 Å². The first-order valence-electron chi connectivity index (χ1n) is 6.38. The average Bonchev–Trinajstić information content (AvgIpc) is 2.56. The molecule has 0 radical (unpaired) electrons. The third-order valence-corrected chi connectivity index (χ3v) is 3.03. The SMILES string of the molecule is CN(c1ccccc1)c1ncnc(-c2ccccc2)n1. The Morgan fingerprint density at radius 2 is 1.45 bits per heavy atom. The summed E-state index contributed by atoms with van der Waals surface area (Å²) in [6.07, 6.45) is 1.55. The van der Waals surface area contributed by atoms with E-state index in [2.05, 4.69) is 15.0 Å². The highest BCUT2D eigenvalue weighted by Crippen LogP contribution is 2.21. The van der Waals surface area contributed by atoms with E-state index >= 15 is 0 Å². The number of benzene rings is 2. The lowest BCUT2D eigenvalue weighted by Crippen LogP contribution is -2.13. The van der Waals surface area contributed by atoms with Crippen LogP contribution < -0.4 is 4.90 Å². The molecule has 2 aromatic carbocycles. The second-order valence-electron chi connectivity index (χ2n) is 4.37. The first-order chi connectivity index (χ1) is 9.84. The number of aromatic nitrogens is 3. The summed E-state index contributed by atoms with van der Waals surface area (Å²) in [5, 5.41) is 0. The minimum atomic E-state index is 0.630. The standard InChI is InChI=1S/C16H14N4/c1-20(14-10-6-3-7-11-14)16-18-12-17-15(19-16)13-8-4-2-5-9-13/h2-12H,1H3. The molecule has 0 amide bonds. The molecule has 0 bridgehead atoms. The molecule has 0 aliphatic rings. The minimum Gasteiger partial charge on any atom is -0.314 e. The van der Waals surface area contributed by atoms with Gasteiger partial charge < -0.3 is 4.90 Å². The molecule has 4 heteroatoms. The van der Waals surface area contributed by atoms with Crippen molar-refractivity contribution in [3.8, 4) is 11.4 Å². The zero-order valence-corrected chi connectivity index (χ0v) is 11.1. The van der Waals surface area contributed by atoms with Crippen LogP contribution in [-0.4, -0.2) is 22.0 Å². The summed E-state index contributed by atoms with van der Waals surface area (Å²) in [6.45, 7) is 0. The van der Waals surface area contributed by atoms with Crippen LogP contribution in [0.25, 0.3) is 11.4 Å². The van der Waals surface area contributed by atoms with Crippen LogP contribution in [0.4, 0.5) is 11.6 Å². The Morgan fingerprint density at radius 3 is 2.15 bits per heavy atom. The Morgan fingerprint density at radius 1 is 0.800 bits per heavy atom. The first kappa shape index (κ1) is 12.3. The quantitative estimate of drug-likeness (QED) is 0.726. The Bertz CT molecular complexity index is 683. The van der Waals surface area contributed by atoms with Gasteiger partial charge in [-0.1, -0.05) is 48.5 Å². The summed E-state index contributed by atoms with van der Waals surface area (Å²) in [5.41, 5.74) is 2.02. The van der Waals surface area contributed by atoms with Crippen molar-refractivity contribution in [3.63, 3.8) is 0 Å². The van der Waals surface area contributed by atoms with Crippen molar-refractivity contribution in [2.75, 3.05) is 11.9 Å². The van der Waals surface area contributed by atoms with E-state index in [-0.39, 0.29) is 0 Å². The van der Waals surface area contributed by atoms with E-state index in [0.717, 1.165) is 11.3 Å². The molecule has 0 N–H and O–H groups in total. The summed E-state index contributed by atoms with van der Waals surface area (Å²) >= 11 is 0. The zero-order chi connectivity index (χ0) is 13.8. The van der Waals surface area contributed by atoms with Gasteiger partial charge >= 0.3 is 0 Å². The lowest BCUT2D eigenvalue weighted by Gasteiger charge is -2.17. The Hall–Kier alpha value is -2.75. The summed E-state index contributed by atoms with van der Waals surface area (Å²) < 4.78 is 0. The minimum absolute atomic E-state index is 0.630. The van der Waals surface area contributed by atoms with Gasteiger partial charge in [-0.05, 0) is 12.1 Å². The normalized spacial score (nSPS) is 10.2. The molecule has 4 nitrogen and oxygen atoms in total. The highest BCUT2D eigenvalue weighted by atomic mass is 15.3. The smallest absolute Gasteiger partial charge is 0.233 e. The van der Waals surface area contributed by atoms with Crippen LogP contribution in [0.3, 0.4) is 0 Å². The van der Waals surface area contributed by atoms with Crippen LogP contribution in [0.15, 0.2) is 67.0 Å². The molecule has 3 aromatic rings. The zero-order valence-electron chi connectivity index (χ0n) is 11.1. The van der Waals surface area contributed by atoms with Gasteiger partial charge in [0.1, 0.15) is 6.33 Å². The van der Waals surface area contributed by atoms with E-state index < -0.39 is 0 Å². The van der Waals surface area contributed by atoms with Crippen LogP contribution in [0.5, 0.6) is 0 Å². The molecule has 1 aromatic heterocycles. The van der Waals surface area contributed by atoms with E-state index in [4.69, 9.17) is 0 Å². The van der Waals surface area contributed by atoms with Crippen LogP contribution in [0.1, 0.15) is 0 Å². The topological polar surface area (TPSA) is 41.9 Å². The predicted octanol–water partition coefficient (Wildman–Crippen LogP) is 3.31. The lowest BCUT2D eigenvalue weighted by atomic mass is 10.2. The molecule has 3 rings (SSSR count). The molecule has 0 fully saturated rings. The molecular weight excluding hydrogens is 248 g/mol. The first-order valence-corrected chi connectivity index (χ1v) is 6.38. The molecule has 1 heterocycles. The van der Waals surface area contributed by atoms with Crippen LogP contribution in [0, 0.1) is 0 Å². The van der Waals surface area contributed by atoms with Crippen molar-refractivity contribution in [2.45, 2.75) is 0 Å². The van der Waals surface area contributed by atoms with Crippen molar-refractivity contribution in [3.05, 3.63) is 67.0 Å². The van der Waals surface area contributed by atoms with Crippen LogP contribution in [-0.2, 0) is 0 Å².